The van der Waals surface area contributed by atoms with Crippen molar-refractivity contribution >= 4 is 33.3 Å². The summed E-state index contributed by atoms with van der Waals surface area (Å²) in [5, 5.41) is 0.270. The summed E-state index contributed by atoms with van der Waals surface area (Å²) in [6, 6.07) is 0. The molecular formula is C9H10BrClF2N2O. The summed E-state index contributed by atoms with van der Waals surface area (Å²) in [5.74, 6) is -1.33. The van der Waals surface area contributed by atoms with Gasteiger partial charge in [0.05, 0.1) is 22.3 Å². The fourth-order valence-corrected chi connectivity index (χ4v) is 1.78. The van der Waals surface area contributed by atoms with E-state index in [-0.39, 0.29) is 0 Å². The quantitative estimate of drug-likeness (QED) is 0.801. The van der Waals surface area contributed by atoms with Gasteiger partial charge in [-0.25, -0.2) is 0 Å². The van der Waals surface area contributed by atoms with Gasteiger partial charge >= 0.3 is 5.38 Å². The molecule has 0 N–H and O–H groups in total. The van der Waals surface area contributed by atoms with Crippen LogP contribution >= 0.6 is 27.5 Å². The molecule has 0 fully saturated rings. The highest BCUT2D eigenvalue weighted by Crippen LogP contribution is 2.26. The van der Waals surface area contributed by atoms with Crippen LogP contribution < -0.4 is 0 Å². The van der Waals surface area contributed by atoms with Gasteiger partial charge in [-0.05, 0) is 41.4 Å². The van der Waals surface area contributed by atoms with E-state index in [1.165, 1.54) is 4.68 Å². The third-order valence-corrected chi connectivity index (χ3v) is 3.34. The first-order valence-corrected chi connectivity index (χ1v) is 5.76. The van der Waals surface area contributed by atoms with Gasteiger partial charge in [-0.15, -0.1) is 0 Å². The standard InChI is InChI=1S/C9H10BrClF2N2O/c1-3-15-6(8(10)5(2)14-15)4-7(16)9(11,12)13/h3-4H2,1-2H3. The van der Waals surface area contributed by atoms with E-state index in [0.29, 0.717) is 22.4 Å². The van der Waals surface area contributed by atoms with Gasteiger partial charge in [0.25, 0.3) is 0 Å². The Morgan fingerprint density at radius 1 is 1.62 bits per heavy atom. The van der Waals surface area contributed by atoms with Crippen LogP contribution in [0.25, 0.3) is 0 Å². The molecule has 16 heavy (non-hydrogen) atoms. The van der Waals surface area contributed by atoms with Crippen LogP contribution in [0.15, 0.2) is 4.47 Å². The average molecular weight is 316 g/mol. The molecular weight excluding hydrogens is 305 g/mol. The molecule has 0 saturated carbocycles. The molecule has 1 rings (SSSR count). The fraction of sp³-hybridized carbons (Fsp3) is 0.556. The van der Waals surface area contributed by atoms with Crippen molar-refractivity contribution in [3.05, 3.63) is 15.9 Å². The molecule has 0 aromatic carbocycles. The topological polar surface area (TPSA) is 34.9 Å². The first kappa shape index (κ1) is 13.6. The van der Waals surface area contributed by atoms with E-state index >= 15 is 0 Å². The second-order valence-electron chi connectivity index (χ2n) is 3.26. The number of hydrogen-bond donors (Lipinski definition) is 0. The zero-order valence-corrected chi connectivity index (χ0v) is 11.1. The Bertz CT molecular complexity index is 414. The van der Waals surface area contributed by atoms with Crippen LogP contribution in [0.2, 0.25) is 0 Å². The summed E-state index contributed by atoms with van der Waals surface area (Å²) in [4.78, 5) is 11.1. The van der Waals surface area contributed by atoms with Crippen LogP contribution in [0, 0.1) is 6.92 Å². The highest BCUT2D eigenvalue weighted by Gasteiger charge is 2.36. The van der Waals surface area contributed by atoms with Crippen molar-refractivity contribution in [2.75, 3.05) is 0 Å². The lowest BCUT2D eigenvalue weighted by atomic mass is 10.2. The third kappa shape index (κ3) is 2.79. The van der Waals surface area contributed by atoms with Gasteiger partial charge in [-0.1, -0.05) is 0 Å². The Morgan fingerprint density at radius 2 is 2.19 bits per heavy atom. The lowest BCUT2D eigenvalue weighted by molar-refractivity contribution is -0.132. The number of aromatic nitrogens is 2. The molecule has 0 radical (unpaired) electrons. The first-order chi connectivity index (χ1) is 7.27. The number of ketones is 1. The number of rotatable bonds is 4. The Kier molecular flexibility index (Phi) is 4.07. The highest BCUT2D eigenvalue weighted by molar-refractivity contribution is 9.10. The number of Topliss-reactive ketones (excluding diaryl/α,β-unsaturated/α-hetero) is 1. The normalized spacial score (nSPS) is 11.9. The van der Waals surface area contributed by atoms with Crippen molar-refractivity contribution in [2.45, 2.75) is 32.2 Å². The van der Waals surface area contributed by atoms with Crippen LogP contribution in [0.4, 0.5) is 8.78 Å². The molecule has 0 bridgehead atoms. The summed E-state index contributed by atoms with van der Waals surface area (Å²) in [5.41, 5.74) is 1.08. The van der Waals surface area contributed by atoms with Crippen LogP contribution in [-0.4, -0.2) is 20.9 Å². The molecule has 0 aliphatic heterocycles. The molecule has 0 spiro atoms. The SMILES string of the molecule is CCn1nc(C)c(Br)c1CC(=O)C(F)(F)Cl. The maximum Gasteiger partial charge on any atom is 0.380 e. The van der Waals surface area contributed by atoms with Crippen molar-refractivity contribution in [3.63, 3.8) is 0 Å². The van der Waals surface area contributed by atoms with E-state index in [1.54, 1.807) is 6.92 Å². The Balaban J connectivity index is 3.01. The molecule has 0 amide bonds. The minimum atomic E-state index is -3.82. The van der Waals surface area contributed by atoms with Crippen molar-refractivity contribution < 1.29 is 13.6 Å². The van der Waals surface area contributed by atoms with E-state index in [9.17, 15) is 13.6 Å². The van der Waals surface area contributed by atoms with Crippen LogP contribution in [0.3, 0.4) is 0 Å². The van der Waals surface area contributed by atoms with Gasteiger partial charge in [0.2, 0.25) is 5.78 Å². The number of nitrogens with zero attached hydrogens (tertiary/aromatic N) is 2. The molecule has 0 aliphatic rings. The second-order valence-corrected chi connectivity index (χ2v) is 4.53. The predicted molar refractivity (Wildman–Crippen MR) is 59.8 cm³/mol. The smallest absolute Gasteiger partial charge is 0.291 e. The van der Waals surface area contributed by atoms with Gasteiger partial charge in [0, 0.05) is 6.54 Å². The van der Waals surface area contributed by atoms with Crippen LogP contribution in [0.1, 0.15) is 18.3 Å². The minimum Gasteiger partial charge on any atom is -0.291 e. The molecule has 0 unspecified atom stereocenters. The number of carbonyl (C=O) groups is 1. The van der Waals surface area contributed by atoms with E-state index in [4.69, 9.17) is 0 Å². The van der Waals surface area contributed by atoms with Crippen LogP contribution in [-0.2, 0) is 17.8 Å². The number of halogens is 4. The van der Waals surface area contributed by atoms with Gasteiger partial charge in [0.1, 0.15) is 0 Å². The Labute approximate surface area is 105 Å². The molecule has 0 aliphatic carbocycles. The van der Waals surface area contributed by atoms with Gasteiger partial charge in [-0.3, -0.25) is 9.48 Å². The third-order valence-electron chi connectivity index (χ3n) is 2.10. The summed E-state index contributed by atoms with van der Waals surface area (Å²) in [7, 11) is 0. The lowest BCUT2D eigenvalue weighted by Crippen LogP contribution is -2.24. The zero-order valence-electron chi connectivity index (χ0n) is 8.73. The summed E-state index contributed by atoms with van der Waals surface area (Å²) >= 11 is 7.87. The fourth-order valence-electron chi connectivity index (χ4n) is 1.29. The van der Waals surface area contributed by atoms with Crippen molar-refractivity contribution in [1.82, 2.24) is 9.78 Å². The molecule has 0 saturated heterocycles. The molecule has 1 aromatic heterocycles. The van der Waals surface area contributed by atoms with E-state index < -0.39 is 17.6 Å². The minimum absolute atomic E-state index is 0.422. The lowest BCUT2D eigenvalue weighted by Gasteiger charge is -2.08. The van der Waals surface area contributed by atoms with Gasteiger partial charge in [0.15, 0.2) is 0 Å². The summed E-state index contributed by atoms with van der Waals surface area (Å²) < 4.78 is 27.2. The van der Waals surface area contributed by atoms with E-state index in [1.807, 2.05) is 6.92 Å². The van der Waals surface area contributed by atoms with Gasteiger partial charge < -0.3 is 0 Å². The number of hydrogen-bond acceptors (Lipinski definition) is 2. The zero-order chi connectivity index (χ0) is 12.5. The van der Waals surface area contributed by atoms with Crippen molar-refractivity contribution in [2.24, 2.45) is 0 Å². The van der Waals surface area contributed by atoms with Crippen molar-refractivity contribution in [3.8, 4) is 0 Å². The van der Waals surface area contributed by atoms with Gasteiger partial charge in [-0.2, -0.15) is 13.9 Å². The number of alkyl halides is 3. The molecule has 1 heterocycles. The predicted octanol–water partition coefficient (Wildman–Crippen LogP) is 2.92. The maximum absolute atomic E-state index is 12.5. The first-order valence-electron chi connectivity index (χ1n) is 4.59. The second kappa shape index (κ2) is 4.79. The molecule has 0 atom stereocenters. The molecule has 3 nitrogen and oxygen atoms in total. The van der Waals surface area contributed by atoms with Crippen molar-refractivity contribution in [1.29, 1.82) is 0 Å². The highest BCUT2D eigenvalue weighted by atomic mass is 79.9. The summed E-state index contributed by atoms with van der Waals surface area (Å²) in [6.07, 6.45) is -0.439. The number of carbonyl (C=O) groups excluding carboxylic acids is 1. The average Bonchev–Trinajstić information content (AvgIpc) is 2.44. The maximum atomic E-state index is 12.5. The van der Waals surface area contributed by atoms with E-state index in [0.717, 1.165) is 0 Å². The summed E-state index contributed by atoms with van der Waals surface area (Å²) in [6.45, 7) is 4.04. The Morgan fingerprint density at radius 3 is 2.62 bits per heavy atom. The van der Waals surface area contributed by atoms with Crippen LogP contribution in [0.5, 0.6) is 0 Å². The van der Waals surface area contributed by atoms with E-state index in [2.05, 4.69) is 32.6 Å². The molecule has 7 heteroatoms. The monoisotopic (exact) mass is 314 g/mol. The Hall–Kier alpha value is -0.490. The molecule has 1 aromatic rings. The molecule has 90 valence electrons. The largest absolute Gasteiger partial charge is 0.380 e. The number of aryl methyl sites for hydroxylation is 2.